The van der Waals surface area contributed by atoms with Gasteiger partial charge in [-0.1, -0.05) is 0 Å². The summed E-state index contributed by atoms with van der Waals surface area (Å²) in [6.45, 7) is 5.16. The topological polar surface area (TPSA) is 49.5 Å². The van der Waals surface area contributed by atoms with Crippen LogP contribution in [0.4, 0.5) is 0 Å². The Hall–Kier alpha value is -0.420. The number of likely N-dealkylation sites (tertiary alicyclic amines) is 1. The van der Waals surface area contributed by atoms with Gasteiger partial charge in [0.25, 0.3) is 0 Å². The van der Waals surface area contributed by atoms with Crippen LogP contribution in [0, 0.1) is 12.8 Å². The molecule has 0 aliphatic carbocycles. The summed E-state index contributed by atoms with van der Waals surface area (Å²) in [6.07, 6.45) is 1.09. The van der Waals surface area contributed by atoms with Gasteiger partial charge in [0.05, 0.1) is 6.04 Å². The van der Waals surface area contributed by atoms with Crippen LogP contribution in [0.3, 0.4) is 0 Å². The molecule has 1 aromatic heterocycles. The number of hydrogen-bond acceptors (Lipinski definition) is 4. The Morgan fingerprint density at radius 2 is 2.50 bits per heavy atom. The van der Waals surface area contributed by atoms with Gasteiger partial charge in [-0.3, -0.25) is 4.90 Å². The second-order valence-electron chi connectivity index (χ2n) is 4.55. The van der Waals surface area contributed by atoms with Crippen molar-refractivity contribution in [3.63, 3.8) is 0 Å². The normalized spacial score (nSPS) is 23.8. The van der Waals surface area contributed by atoms with E-state index in [1.807, 2.05) is 0 Å². The zero-order valence-corrected chi connectivity index (χ0v) is 10.5. The average molecular weight is 240 g/mol. The van der Waals surface area contributed by atoms with Crippen LogP contribution in [-0.4, -0.2) is 36.2 Å². The number of nitrogens with zero attached hydrogens (tertiary/aromatic N) is 1. The molecule has 16 heavy (non-hydrogen) atoms. The van der Waals surface area contributed by atoms with Crippen LogP contribution in [0.5, 0.6) is 0 Å². The van der Waals surface area contributed by atoms with E-state index in [4.69, 9.17) is 10.8 Å². The van der Waals surface area contributed by atoms with Gasteiger partial charge >= 0.3 is 0 Å². The van der Waals surface area contributed by atoms with Crippen molar-refractivity contribution >= 4 is 11.3 Å². The molecule has 2 heterocycles. The van der Waals surface area contributed by atoms with Crippen molar-refractivity contribution in [2.45, 2.75) is 19.4 Å². The number of thiophene rings is 1. The maximum Gasteiger partial charge on any atom is 0.0567 e. The fraction of sp³-hybridized carbons (Fsp3) is 0.667. The molecule has 3 N–H and O–H groups in total. The zero-order valence-electron chi connectivity index (χ0n) is 9.72. The molecule has 4 heteroatoms. The molecule has 1 saturated heterocycles. The summed E-state index contributed by atoms with van der Waals surface area (Å²) in [5.74, 6) is 0.439. The van der Waals surface area contributed by atoms with Crippen LogP contribution in [0.25, 0.3) is 0 Å². The van der Waals surface area contributed by atoms with Gasteiger partial charge in [0.2, 0.25) is 0 Å². The third-order valence-electron chi connectivity index (χ3n) is 3.44. The summed E-state index contributed by atoms with van der Waals surface area (Å²) in [4.78, 5) is 3.81. The van der Waals surface area contributed by atoms with E-state index in [-0.39, 0.29) is 0 Å². The molecule has 1 aromatic rings. The Bertz CT molecular complexity index is 340. The lowest BCUT2D eigenvalue weighted by Gasteiger charge is -2.26. The summed E-state index contributed by atoms with van der Waals surface area (Å²) in [5, 5.41) is 11.3. The van der Waals surface area contributed by atoms with E-state index in [0.29, 0.717) is 25.1 Å². The first kappa shape index (κ1) is 12.0. The largest absolute Gasteiger partial charge is 0.396 e. The minimum atomic E-state index is 0.303. The molecule has 1 fully saturated rings. The predicted molar refractivity (Wildman–Crippen MR) is 67.6 cm³/mol. The fourth-order valence-electron chi connectivity index (χ4n) is 2.44. The summed E-state index contributed by atoms with van der Waals surface area (Å²) in [5.41, 5.74) is 7.24. The van der Waals surface area contributed by atoms with Crippen LogP contribution in [-0.2, 0) is 0 Å². The molecule has 2 atom stereocenters. The van der Waals surface area contributed by atoms with Crippen molar-refractivity contribution < 1.29 is 5.11 Å². The van der Waals surface area contributed by atoms with E-state index in [1.54, 1.807) is 11.3 Å². The second kappa shape index (κ2) is 5.27. The highest BCUT2D eigenvalue weighted by atomic mass is 32.1. The van der Waals surface area contributed by atoms with Crippen molar-refractivity contribution in [1.29, 1.82) is 0 Å². The van der Waals surface area contributed by atoms with Gasteiger partial charge in [-0.2, -0.15) is 0 Å². The van der Waals surface area contributed by atoms with Crippen molar-refractivity contribution in [3.05, 3.63) is 21.9 Å². The van der Waals surface area contributed by atoms with Gasteiger partial charge in [-0.15, -0.1) is 11.3 Å². The number of aliphatic hydroxyl groups is 1. The van der Waals surface area contributed by atoms with Crippen molar-refractivity contribution in [2.24, 2.45) is 11.7 Å². The van der Waals surface area contributed by atoms with Gasteiger partial charge in [-0.05, 0) is 42.8 Å². The smallest absolute Gasteiger partial charge is 0.0567 e. The van der Waals surface area contributed by atoms with Gasteiger partial charge in [0.15, 0.2) is 0 Å². The third kappa shape index (κ3) is 2.30. The Balaban J connectivity index is 2.09. The summed E-state index contributed by atoms with van der Waals surface area (Å²) >= 11 is 1.79. The van der Waals surface area contributed by atoms with Crippen LogP contribution < -0.4 is 5.73 Å². The van der Waals surface area contributed by atoms with E-state index in [2.05, 4.69) is 23.3 Å². The van der Waals surface area contributed by atoms with Crippen molar-refractivity contribution in [1.82, 2.24) is 4.90 Å². The highest BCUT2D eigenvalue weighted by molar-refractivity contribution is 7.10. The van der Waals surface area contributed by atoms with Gasteiger partial charge in [-0.25, -0.2) is 0 Å². The lowest BCUT2D eigenvalue weighted by Crippen LogP contribution is -2.32. The monoisotopic (exact) mass is 240 g/mol. The Morgan fingerprint density at radius 1 is 1.69 bits per heavy atom. The maximum atomic E-state index is 9.17. The van der Waals surface area contributed by atoms with Crippen LogP contribution in [0.2, 0.25) is 0 Å². The first-order valence-electron chi connectivity index (χ1n) is 5.85. The molecule has 0 bridgehead atoms. The molecule has 1 aliphatic heterocycles. The fourth-order valence-corrected chi connectivity index (χ4v) is 3.52. The molecule has 3 nitrogen and oxygen atoms in total. The molecule has 2 rings (SSSR count). The van der Waals surface area contributed by atoms with Crippen LogP contribution >= 0.6 is 11.3 Å². The van der Waals surface area contributed by atoms with Gasteiger partial charge < -0.3 is 10.8 Å². The third-order valence-corrected chi connectivity index (χ3v) is 4.56. The zero-order chi connectivity index (χ0) is 11.5. The SMILES string of the molecule is Cc1ccsc1C(CN)N1CCC(CO)C1. The van der Waals surface area contributed by atoms with Gasteiger partial charge in [0.1, 0.15) is 0 Å². The molecule has 0 amide bonds. The number of rotatable bonds is 4. The van der Waals surface area contributed by atoms with E-state index in [9.17, 15) is 0 Å². The van der Waals surface area contributed by atoms with Crippen LogP contribution in [0.1, 0.15) is 22.9 Å². The molecule has 0 radical (unpaired) electrons. The molecular weight excluding hydrogens is 220 g/mol. The molecular formula is C12H20N2OS. The summed E-state index contributed by atoms with van der Waals surface area (Å²) in [6, 6.07) is 2.50. The molecule has 0 aromatic carbocycles. The number of aryl methyl sites for hydroxylation is 1. The Morgan fingerprint density at radius 3 is 3.00 bits per heavy atom. The van der Waals surface area contributed by atoms with Crippen molar-refractivity contribution in [2.75, 3.05) is 26.2 Å². The van der Waals surface area contributed by atoms with Crippen molar-refractivity contribution in [3.8, 4) is 0 Å². The highest BCUT2D eigenvalue weighted by Crippen LogP contribution is 2.31. The number of nitrogens with two attached hydrogens (primary N) is 1. The summed E-state index contributed by atoms with van der Waals surface area (Å²) < 4.78 is 0. The lowest BCUT2D eigenvalue weighted by molar-refractivity contribution is 0.201. The first-order valence-corrected chi connectivity index (χ1v) is 6.73. The Kier molecular flexibility index (Phi) is 3.97. The standard InChI is InChI=1S/C12H20N2OS/c1-9-3-5-16-12(9)11(6-13)14-4-2-10(7-14)8-15/h3,5,10-11,15H,2,4,6-8,13H2,1H3. The van der Waals surface area contributed by atoms with E-state index in [0.717, 1.165) is 19.5 Å². The predicted octanol–water partition coefficient (Wildman–Crippen LogP) is 1.37. The lowest BCUT2D eigenvalue weighted by atomic mass is 10.1. The summed E-state index contributed by atoms with van der Waals surface area (Å²) in [7, 11) is 0. The molecule has 2 unspecified atom stereocenters. The average Bonchev–Trinajstić information content (AvgIpc) is 2.90. The highest BCUT2D eigenvalue weighted by Gasteiger charge is 2.29. The Labute approximate surface area is 101 Å². The van der Waals surface area contributed by atoms with Crippen LogP contribution in [0.15, 0.2) is 11.4 Å². The van der Waals surface area contributed by atoms with E-state index >= 15 is 0 Å². The molecule has 90 valence electrons. The minimum Gasteiger partial charge on any atom is -0.396 e. The van der Waals surface area contributed by atoms with E-state index < -0.39 is 0 Å². The number of hydrogen-bond donors (Lipinski definition) is 2. The maximum absolute atomic E-state index is 9.17. The quantitative estimate of drug-likeness (QED) is 0.836. The molecule has 1 aliphatic rings. The first-order chi connectivity index (χ1) is 7.76. The van der Waals surface area contributed by atoms with Gasteiger partial charge in [0, 0.05) is 24.6 Å². The number of aliphatic hydroxyl groups excluding tert-OH is 1. The van der Waals surface area contributed by atoms with E-state index in [1.165, 1.54) is 10.4 Å². The second-order valence-corrected chi connectivity index (χ2v) is 5.50. The minimum absolute atomic E-state index is 0.303. The molecule has 0 spiro atoms. The molecule has 0 saturated carbocycles.